The van der Waals surface area contributed by atoms with Crippen molar-refractivity contribution in [1.29, 1.82) is 0 Å². The fraction of sp³-hybridized carbons (Fsp3) is 0.944. The average molecular weight is 339 g/mol. The van der Waals surface area contributed by atoms with Gasteiger partial charge in [0.05, 0.1) is 19.3 Å². The molecule has 0 aliphatic carbocycles. The van der Waals surface area contributed by atoms with E-state index < -0.39 is 0 Å². The Labute approximate surface area is 145 Å². The van der Waals surface area contributed by atoms with Crippen molar-refractivity contribution in [3.8, 4) is 0 Å². The number of nitrogens with one attached hydrogen (secondary N) is 1. The summed E-state index contributed by atoms with van der Waals surface area (Å²) in [6, 6.07) is 0.106. The number of ether oxygens (including phenoxy) is 2. The number of carbonyl (C=O) groups excluding carboxylic acids is 1. The molecule has 2 atom stereocenters. The van der Waals surface area contributed by atoms with Crippen LogP contribution >= 0.6 is 0 Å². The van der Waals surface area contributed by atoms with Gasteiger partial charge in [-0.3, -0.25) is 4.90 Å². The maximum Gasteiger partial charge on any atom is 0.317 e. The Kier molecular flexibility index (Phi) is 6.75. The second kappa shape index (κ2) is 9.02. The number of hydrogen-bond acceptors (Lipinski definition) is 4. The van der Waals surface area contributed by atoms with Crippen molar-refractivity contribution in [1.82, 2.24) is 15.1 Å². The summed E-state index contributed by atoms with van der Waals surface area (Å²) < 4.78 is 11.2. The molecule has 3 aliphatic rings. The first kappa shape index (κ1) is 18.0. The largest absolute Gasteiger partial charge is 0.379 e. The second-order valence-electron chi connectivity index (χ2n) is 7.58. The van der Waals surface area contributed by atoms with E-state index in [1.807, 2.05) is 4.90 Å². The Morgan fingerprint density at radius 2 is 1.88 bits per heavy atom. The summed E-state index contributed by atoms with van der Waals surface area (Å²) in [5.74, 6) is 1.12. The third-order valence-corrected chi connectivity index (χ3v) is 5.59. The molecule has 138 valence electrons. The van der Waals surface area contributed by atoms with Crippen LogP contribution in [0, 0.1) is 11.8 Å². The predicted molar refractivity (Wildman–Crippen MR) is 93.1 cm³/mol. The van der Waals surface area contributed by atoms with Crippen LogP contribution in [0.2, 0.25) is 0 Å². The summed E-state index contributed by atoms with van der Waals surface area (Å²) in [6.07, 6.45) is 5.02. The van der Waals surface area contributed by atoms with Crippen molar-refractivity contribution in [3.05, 3.63) is 0 Å². The molecule has 6 nitrogen and oxygen atoms in total. The van der Waals surface area contributed by atoms with Crippen LogP contribution in [0.25, 0.3) is 0 Å². The van der Waals surface area contributed by atoms with Crippen LogP contribution in [0.5, 0.6) is 0 Å². The van der Waals surface area contributed by atoms with Gasteiger partial charge in [-0.1, -0.05) is 6.92 Å². The number of amides is 2. The molecule has 3 fully saturated rings. The van der Waals surface area contributed by atoms with Gasteiger partial charge in [0.25, 0.3) is 0 Å². The molecular formula is C18H33N3O3. The van der Waals surface area contributed by atoms with Gasteiger partial charge in [-0.15, -0.1) is 0 Å². The lowest BCUT2D eigenvalue weighted by Gasteiger charge is -2.35. The van der Waals surface area contributed by atoms with Crippen molar-refractivity contribution in [3.63, 3.8) is 0 Å². The number of rotatable bonds is 5. The predicted octanol–water partition coefficient (Wildman–Crippen LogP) is 1.56. The zero-order valence-electron chi connectivity index (χ0n) is 15.0. The molecule has 24 heavy (non-hydrogen) atoms. The molecule has 2 unspecified atom stereocenters. The van der Waals surface area contributed by atoms with Crippen molar-refractivity contribution < 1.29 is 14.3 Å². The minimum absolute atomic E-state index is 0.106. The summed E-state index contributed by atoms with van der Waals surface area (Å²) in [5.41, 5.74) is 0. The summed E-state index contributed by atoms with van der Waals surface area (Å²) in [7, 11) is 0. The molecule has 0 aromatic carbocycles. The lowest BCUT2D eigenvalue weighted by molar-refractivity contribution is 0.0313. The lowest BCUT2D eigenvalue weighted by Crippen LogP contribution is -2.48. The van der Waals surface area contributed by atoms with Crippen LogP contribution in [0.1, 0.15) is 32.6 Å². The summed E-state index contributed by atoms with van der Waals surface area (Å²) in [4.78, 5) is 16.8. The highest BCUT2D eigenvalue weighted by atomic mass is 16.5. The number of hydrogen-bond donors (Lipinski definition) is 1. The Balaban J connectivity index is 1.32. The first-order valence-electron chi connectivity index (χ1n) is 9.67. The zero-order chi connectivity index (χ0) is 16.8. The normalized spacial score (nSPS) is 28.0. The van der Waals surface area contributed by atoms with Crippen LogP contribution in [0.4, 0.5) is 4.79 Å². The van der Waals surface area contributed by atoms with Gasteiger partial charge in [-0.2, -0.15) is 0 Å². The number of morpholine rings is 1. The topological polar surface area (TPSA) is 54.0 Å². The van der Waals surface area contributed by atoms with Crippen molar-refractivity contribution in [2.75, 3.05) is 59.1 Å². The Hall–Kier alpha value is -0.850. The van der Waals surface area contributed by atoms with E-state index in [0.29, 0.717) is 17.9 Å². The summed E-state index contributed by atoms with van der Waals surface area (Å²) >= 11 is 0. The molecule has 0 aromatic rings. The first-order valence-corrected chi connectivity index (χ1v) is 9.67. The molecule has 0 saturated carbocycles. The van der Waals surface area contributed by atoms with E-state index >= 15 is 0 Å². The number of likely N-dealkylation sites (tertiary alicyclic amines) is 1. The van der Waals surface area contributed by atoms with Crippen LogP contribution in [-0.2, 0) is 9.47 Å². The molecule has 6 heteroatoms. The van der Waals surface area contributed by atoms with Gasteiger partial charge in [0.15, 0.2) is 0 Å². The van der Waals surface area contributed by atoms with Crippen LogP contribution in [0.3, 0.4) is 0 Å². The molecule has 1 N–H and O–H groups in total. The third-order valence-electron chi connectivity index (χ3n) is 5.59. The van der Waals surface area contributed by atoms with Crippen LogP contribution < -0.4 is 5.32 Å². The Morgan fingerprint density at radius 3 is 2.54 bits per heavy atom. The number of nitrogens with zero attached hydrogens (tertiary/aromatic N) is 2. The third kappa shape index (κ3) is 5.07. The molecule has 0 spiro atoms. The van der Waals surface area contributed by atoms with Crippen molar-refractivity contribution >= 4 is 6.03 Å². The van der Waals surface area contributed by atoms with E-state index in [0.717, 1.165) is 71.9 Å². The second-order valence-corrected chi connectivity index (χ2v) is 7.58. The standard InChI is InChI=1S/C18H33N3O3/c1-15(14-20-8-11-23-12-9-20)13-19-18(22)21-6-4-16(5-7-21)17-3-2-10-24-17/h15-17H,2-14H2,1H3,(H,19,22). The maximum absolute atomic E-state index is 12.4. The molecule has 0 radical (unpaired) electrons. The number of piperidine rings is 1. The minimum atomic E-state index is 0.106. The monoisotopic (exact) mass is 339 g/mol. The fourth-order valence-corrected chi connectivity index (χ4v) is 4.11. The van der Waals surface area contributed by atoms with Gasteiger partial charge in [0, 0.05) is 45.9 Å². The molecule has 3 heterocycles. The van der Waals surface area contributed by atoms with E-state index in [2.05, 4.69) is 17.1 Å². The minimum Gasteiger partial charge on any atom is -0.379 e. The van der Waals surface area contributed by atoms with Gasteiger partial charge in [-0.05, 0) is 37.5 Å². The molecule has 3 saturated heterocycles. The Morgan fingerprint density at radius 1 is 1.12 bits per heavy atom. The molecule has 0 bridgehead atoms. The van der Waals surface area contributed by atoms with Gasteiger partial charge < -0.3 is 19.7 Å². The SMILES string of the molecule is CC(CNC(=O)N1CCC(C2CCCO2)CC1)CN1CCOCC1. The van der Waals surface area contributed by atoms with Gasteiger partial charge in [-0.25, -0.2) is 4.79 Å². The molecular weight excluding hydrogens is 306 g/mol. The van der Waals surface area contributed by atoms with Gasteiger partial charge >= 0.3 is 6.03 Å². The fourth-order valence-electron chi connectivity index (χ4n) is 4.11. The summed E-state index contributed by atoms with van der Waals surface area (Å²) in [5, 5.41) is 3.12. The van der Waals surface area contributed by atoms with Crippen molar-refractivity contribution in [2.24, 2.45) is 11.8 Å². The van der Waals surface area contributed by atoms with Gasteiger partial charge in [0.2, 0.25) is 0 Å². The molecule has 3 aliphatic heterocycles. The number of urea groups is 1. The summed E-state index contributed by atoms with van der Waals surface area (Å²) in [6.45, 7) is 10.3. The van der Waals surface area contributed by atoms with Crippen molar-refractivity contribution in [2.45, 2.75) is 38.7 Å². The van der Waals surface area contributed by atoms with Crippen LogP contribution in [-0.4, -0.2) is 81.0 Å². The van der Waals surface area contributed by atoms with Crippen LogP contribution in [0.15, 0.2) is 0 Å². The molecule has 0 aromatic heterocycles. The first-order chi connectivity index (χ1) is 11.7. The maximum atomic E-state index is 12.4. The van der Waals surface area contributed by atoms with E-state index in [-0.39, 0.29) is 6.03 Å². The molecule has 3 rings (SSSR count). The highest BCUT2D eigenvalue weighted by molar-refractivity contribution is 5.74. The quantitative estimate of drug-likeness (QED) is 0.826. The van der Waals surface area contributed by atoms with E-state index in [4.69, 9.17) is 9.47 Å². The molecule has 2 amide bonds. The van der Waals surface area contributed by atoms with E-state index in [1.54, 1.807) is 0 Å². The van der Waals surface area contributed by atoms with Gasteiger partial charge in [0.1, 0.15) is 0 Å². The lowest BCUT2D eigenvalue weighted by atomic mass is 9.90. The zero-order valence-corrected chi connectivity index (χ0v) is 15.0. The smallest absolute Gasteiger partial charge is 0.317 e. The number of carbonyl (C=O) groups is 1. The highest BCUT2D eigenvalue weighted by Crippen LogP contribution is 2.28. The van der Waals surface area contributed by atoms with E-state index in [1.165, 1.54) is 12.8 Å². The highest BCUT2D eigenvalue weighted by Gasteiger charge is 2.30. The average Bonchev–Trinajstić information content (AvgIpc) is 3.15. The van der Waals surface area contributed by atoms with E-state index in [9.17, 15) is 4.79 Å². The Bertz CT molecular complexity index is 387.